The Morgan fingerprint density at radius 1 is 0.564 bits per heavy atom. The SMILES string of the molecule is C.C.CC1(C)OB(c2ccc(N)cc2)OC1(C)C.Cc1ccc(-c2c(-c3ccc(Oc4nccc(C)n4)c(F)c3)c3c(N)ncnc3n2C)cc1.Cc1ccnc(Oc2ccc(-c3c(I)n(C)c4ncnc(N)c34)cc2F)n1. The van der Waals surface area contributed by atoms with Gasteiger partial charge in [0, 0.05) is 54.7 Å². The lowest BCUT2D eigenvalue weighted by Gasteiger charge is -2.32. The average Bonchev–Trinajstić information content (AvgIpc) is 3.98. The first-order valence-corrected chi connectivity index (χ1v) is 24.9. The van der Waals surface area contributed by atoms with Gasteiger partial charge in [0.05, 0.1) is 31.4 Å². The van der Waals surface area contributed by atoms with Crippen molar-refractivity contribution in [3.05, 3.63) is 154 Å². The molecule has 1 fully saturated rings. The highest BCUT2D eigenvalue weighted by Crippen LogP contribution is 2.43. The maximum absolute atomic E-state index is 15.2. The molecular formula is C57H61BF2IN13O4. The molecule has 0 aliphatic carbocycles. The number of nitrogens with two attached hydrogens (primary N) is 3. The standard InChI is InChI=1S/C25H21FN6O.C18H14FIN6O.C12H18BNO2.2CH4/c1-14-4-6-16(7-5-14)22-20(21-23(27)29-13-30-24(21)32(22)3)17-8-9-19(18(26)12-17)33-25-28-11-10-15(2)31-25;1-9-5-6-22-18(25-9)27-12-4-3-10(7-11(12)19)13-14-16(21)23-8-24-17(14)26(2)15(13)20;1-11(2)12(3,4)16-13(15-11)9-5-7-10(14)8-6-9;;/h4-13H,1-3H3,(H2,27,29,30);3-8H,1-2H3,(H2,21,23,24);5-8H,14H2,1-4H3;2*1H4. The molecule has 402 valence electrons. The van der Waals surface area contributed by atoms with E-state index >= 15 is 4.39 Å². The highest BCUT2D eigenvalue weighted by molar-refractivity contribution is 14.1. The molecule has 0 radical (unpaired) electrons. The van der Waals surface area contributed by atoms with Crippen LogP contribution in [0.25, 0.3) is 55.6 Å². The van der Waals surface area contributed by atoms with Crippen LogP contribution in [0.4, 0.5) is 26.1 Å². The molecule has 6 aromatic heterocycles. The van der Waals surface area contributed by atoms with Crippen LogP contribution in [-0.2, 0) is 23.4 Å². The minimum atomic E-state index is -0.542. The highest BCUT2D eigenvalue weighted by atomic mass is 127. The van der Waals surface area contributed by atoms with Gasteiger partial charge >= 0.3 is 19.1 Å². The third kappa shape index (κ3) is 11.7. The number of rotatable bonds is 8. The fourth-order valence-corrected chi connectivity index (χ4v) is 9.18. The van der Waals surface area contributed by atoms with Crippen LogP contribution >= 0.6 is 22.6 Å². The van der Waals surface area contributed by atoms with Gasteiger partial charge in [0.2, 0.25) is 0 Å². The molecular weight excluding hydrogens is 1110 g/mol. The van der Waals surface area contributed by atoms with E-state index in [-0.39, 0.29) is 56.7 Å². The summed E-state index contributed by atoms with van der Waals surface area (Å²) in [6.45, 7) is 13.8. The first-order chi connectivity index (χ1) is 36.2. The van der Waals surface area contributed by atoms with Gasteiger partial charge in [-0.2, -0.15) is 0 Å². The van der Waals surface area contributed by atoms with Gasteiger partial charge in [0.15, 0.2) is 23.1 Å². The van der Waals surface area contributed by atoms with Crippen LogP contribution in [-0.4, -0.2) is 67.3 Å². The van der Waals surface area contributed by atoms with Crippen molar-refractivity contribution in [3.8, 4) is 57.0 Å². The van der Waals surface area contributed by atoms with Gasteiger partial charge < -0.3 is 45.1 Å². The van der Waals surface area contributed by atoms with Crippen molar-refractivity contribution in [1.82, 2.24) is 49.0 Å². The summed E-state index contributed by atoms with van der Waals surface area (Å²) in [5.74, 6) is -0.310. The van der Waals surface area contributed by atoms with Gasteiger partial charge in [-0.25, -0.2) is 48.7 Å². The van der Waals surface area contributed by atoms with E-state index < -0.39 is 11.6 Å². The first kappa shape index (κ1) is 57.6. The Morgan fingerprint density at radius 3 is 1.49 bits per heavy atom. The number of nitrogen functional groups attached to an aromatic ring is 3. The number of hydrogen-bond acceptors (Lipinski definition) is 15. The quantitative estimate of drug-likeness (QED) is 0.0730. The lowest BCUT2D eigenvalue weighted by Crippen LogP contribution is -2.41. The molecule has 10 aromatic rings. The van der Waals surface area contributed by atoms with Crippen molar-refractivity contribution in [2.24, 2.45) is 14.1 Å². The Kier molecular flexibility index (Phi) is 17.1. The summed E-state index contributed by atoms with van der Waals surface area (Å²) in [6.07, 6.45) is 5.97. The Bertz CT molecular complexity index is 3770. The van der Waals surface area contributed by atoms with Crippen molar-refractivity contribution in [2.75, 3.05) is 17.2 Å². The number of hydrogen-bond donors (Lipinski definition) is 3. The molecule has 0 saturated carbocycles. The zero-order valence-electron chi connectivity index (χ0n) is 43.1. The molecule has 17 nitrogen and oxygen atoms in total. The molecule has 1 aliphatic heterocycles. The monoisotopic (exact) mass is 1170 g/mol. The topological polar surface area (TPSA) is 228 Å². The second kappa shape index (κ2) is 23.2. The molecule has 78 heavy (non-hydrogen) atoms. The van der Waals surface area contributed by atoms with Gasteiger partial charge in [-0.1, -0.05) is 68.9 Å². The molecule has 7 heterocycles. The Hall–Kier alpha value is -8.15. The van der Waals surface area contributed by atoms with E-state index in [4.69, 9.17) is 36.0 Å². The van der Waals surface area contributed by atoms with E-state index in [0.29, 0.717) is 44.8 Å². The molecule has 6 N–H and O–H groups in total. The second-order valence-corrected chi connectivity index (χ2v) is 20.0. The molecule has 0 amide bonds. The fourth-order valence-electron chi connectivity index (χ4n) is 8.37. The second-order valence-electron chi connectivity index (χ2n) is 19.0. The van der Waals surface area contributed by atoms with Crippen molar-refractivity contribution in [3.63, 3.8) is 0 Å². The zero-order valence-corrected chi connectivity index (χ0v) is 45.3. The Labute approximate surface area is 466 Å². The summed E-state index contributed by atoms with van der Waals surface area (Å²) in [5, 5.41) is 1.37. The fraction of sp³-hybridized carbons (Fsp3) is 0.228. The van der Waals surface area contributed by atoms with Crippen LogP contribution in [0.15, 0.2) is 122 Å². The average molecular weight is 1170 g/mol. The Balaban J connectivity index is 0.000000177. The molecule has 11 rings (SSSR count). The van der Waals surface area contributed by atoms with E-state index in [1.54, 1.807) is 48.8 Å². The summed E-state index contributed by atoms with van der Waals surface area (Å²) in [4.78, 5) is 33.3. The van der Waals surface area contributed by atoms with E-state index in [1.165, 1.54) is 24.8 Å². The Morgan fingerprint density at radius 2 is 1.01 bits per heavy atom. The van der Waals surface area contributed by atoms with Crippen LogP contribution in [0.2, 0.25) is 0 Å². The normalized spacial score (nSPS) is 13.2. The summed E-state index contributed by atoms with van der Waals surface area (Å²) in [7, 11) is 3.49. The third-order valence-corrected chi connectivity index (χ3v) is 14.4. The first-order valence-electron chi connectivity index (χ1n) is 23.9. The van der Waals surface area contributed by atoms with Gasteiger partial charge in [-0.3, -0.25) is 0 Å². The van der Waals surface area contributed by atoms with Crippen LogP contribution in [0.5, 0.6) is 23.5 Å². The summed E-state index contributed by atoms with van der Waals surface area (Å²) in [5.41, 5.74) is 27.8. The number of ether oxygens (including phenoxy) is 2. The zero-order chi connectivity index (χ0) is 54.2. The lowest BCUT2D eigenvalue weighted by atomic mass is 9.79. The summed E-state index contributed by atoms with van der Waals surface area (Å²) in [6, 6.07) is 28.9. The number of benzene rings is 4. The third-order valence-electron chi connectivity index (χ3n) is 13.1. The maximum Gasteiger partial charge on any atom is 0.494 e. The van der Waals surface area contributed by atoms with Crippen molar-refractivity contribution in [1.29, 1.82) is 0 Å². The molecule has 1 aliphatic rings. The molecule has 21 heteroatoms. The largest absolute Gasteiger partial charge is 0.494 e. The van der Waals surface area contributed by atoms with Gasteiger partial charge in [-0.15, -0.1) is 0 Å². The van der Waals surface area contributed by atoms with E-state index in [2.05, 4.69) is 62.5 Å². The van der Waals surface area contributed by atoms with Crippen LogP contribution in [0, 0.1) is 36.1 Å². The number of halogens is 3. The predicted octanol–water partition coefficient (Wildman–Crippen LogP) is 11.9. The van der Waals surface area contributed by atoms with Crippen LogP contribution in [0.1, 0.15) is 59.5 Å². The summed E-state index contributed by atoms with van der Waals surface area (Å²) < 4.78 is 57.5. The van der Waals surface area contributed by atoms with Gasteiger partial charge in [0.25, 0.3) is 0 Å². The predicted molar refractivity (Wildman–Crippen MR) is 313 cm³/mol. The minimum absolute atomic E-state index is 0. The molecule has 0 spiro atoms. The van der Waals surface area contributed by atoms with Crippen molar-refractivity contribution < 1.29 is 27.6 Å². The number of aryl methyl sites for hydroxylation is 5. The molecule has 0 unspecified atom stereocenters. The highest BCUT2D eigenvalue weighted by Gasteiger charge is 2.51. The van der Waals surface area contributed by atoms with Crippen molar-refractivity contribution >= 4 is 74.6 Å². The van der Waals surface area contributed by atoms with E-state index in [1.807, 2.05) is 120 Å². The maximum atomic E-state index is 15.2. The van der Waals surface area contributed by atoms with Gasteiger partial charge in [0.1, 0.15) is 35.6 Å². The van der Waals surface area contributed by atoms with Gasteiger partial charge in [-0.05, 0) is 142 Å². The number of aromatic nitrogens is 10. The molecule has 1 saturated heterocycles. The van der Waals surface area contributed by atoms with Crippen molar-refractivity contribution in [2.45, 2.75) is 74.5 Å². The van der Waals surface area contributed by atoms with Crippen LogP contribution < -0.4 is 32.1 Å². The smallest absolute Gasteiger partial charge is 0.421 e. The minimum Gasteiger partial charge on any atom is -0.421 e. The number of anilines is 3. The van der Waals surface area contributed by atoms with E-state index in [0.717, 1.165) is 54.2 Å². The molecule has 4 aromatic carbocycles. The number of nitrogens with zero attached hydrogens (tertiary/aromatic N) is 10. The van der Waals surface area contributed by atoms with E-state index in [9.17, 15) is 4.39 Å². The molecule has 0 atom stereocenters. The summed E-state index contributed by atoms with van der Waals surface area (Å²) >= 11 is 2.19. The van der Waals surface area contributed by atoms with Crippen LogP contribution in [0.3, 0.4) is 0 Å². The number of fused-ring (bicyclic) bond motifs is 2. The molecule has 0 bridgehead atoms. The lowest BCUT2D eigenvalue weighted by molar-refractivity contribution is 0.00578.